The fraction of sp³-hybridized carbons (Fsp3) is 0.706. The number of guanidine groups is 1. The summed E-state index contributed by atoms with van der Waals surface area (Å²) in [6.07, 6.45) is 2.89. The summed E-state index contributed by atoms with van der Waals surface area (Å²) in [5, 5.41) is 10.0. The van der Waals surface area contributed by atoms with E-state index in [1.165, 1.54) is 0 Å². The minimum Gasteiger partial charge on any atom is -0.354 e. The van der Waals surface area contributed by atoms with E-state index < -0.39 is 0 Å². The van der Waals surface area contributed by atoms with Gasteiger partial charge in [-0.2, -0.15) is 0 Å². The third kappa shape index (κ3) is 5.19. The Morgan fingerprint density at radius 2 is 2.17 bits per heavy atom. The van der Waals surface area contributed by atoms with Crippen LogP contribution in [0, 0.1) is 5.92 Å². The summed E-state index contributed by atoms with van der Waals surface area (Å²) in [6.45, 7) is 8.35. The van der Waals surface area contributed by atoms with Crippen LogP contribution in [0.2, 0.25) is 0 Å². The molecule has 6 nitrogen and oxygen atoms in total. The number of piperidine rings is 1. The fourth-order valence-corrected chi connectivity index (χ4v) is 3.51. The van der Waals surface area contributed by atoms with Crippen molar-refractivity contribution in [1.82, 2.24) is 20.5 Å². The highest BCUT2D eigenvalue weighted by atomic mass is 32.1. The van der Waals surface area contributed by atoms with Gasteiger partial charge in [0.15, 0.2) is 5.96 Å². The number of amides is 1. The van der Waals surface area contributed by atoms with Crippen molar-refractivity contribution >= 4 is 23.2 Å². The number of nitrogens with one attached hydrogen (secondary N) is 2. The van der Waals surface area contributed by atoms with Gasteiger partial charge in [0.05, 0.1) is 17.2 Å². The zero-order valence-electron chi connectivity index (χ0n) is 15.1. The Kier molecular flexibility index (Phi) is 7.02. The summed E-state index contributed by atoms with van der Waals surface area (Å²) in [6, 6.07) is 0.356. The quantitative estimate of drug-likeness (QED) is 0.629. The minimum atomic E-state index is 0.0788. The maximum Gasteiger partial charge on any atom is 0.225 e. The molecule has 1 aromatic rings. The van der Waals surface area contributed by atoms with Crippen LogP contribution in [0.3, 0.4) is 0 Å². The summed E-state index contributed by atoms with van der Waals surface area (Å²) in [5.41, 5.74) is 1.05. The predicted molar refractivity (Wildman–Crippen MR) is 99.3 cm³/mol. The van der Waals surface area contributed by atoms with Crippen LogP contribution in [0.15, 0.2) is 10.4 Å². The second-order valence-electron chi connectivity index (χ2n) is 6.41. The summed E-state index contributed by atoms with van der Waals surface area (Å²) < 4.78 is 0. The van der Waals surface area contributed by atoms with Gasteiger partial charge in [-0.3, -0.25) is 9.79 Å². The van der Waals surface area contributed by atoms with Gasteiger partial charge >= 0.3 is 0 Å². The highest BCUT2D eigenvalue weighted by Crippen LogP contribution is 2.13. The van der Waals surface area contributed by atoms with Crippen LogP contribution in [0.1, 0.15) is 44.3 Å². The molecule has 0 radical (unpaired) electrons. The molecule has 0 aromatic carbocycles. The van der Waals surface area contributed by atoms with Crippen LogP contribution in [-0.4, -0.2) is 47.9 Å². The van der Waals surface area contributed by atoms with Crippen LogP contribution in [0.5, 0.6) is 0 Å². The number of nitrogens with zero attached hydrogens (tertiary/aromatic N) is 3. The van der Waals surface area contributed by atoms with Crippen molar-refractivity contribution in [2.75, 3.05) is 20.1 Å². The Balaban J connectivity index is 1.76. The monoisotopic (exact) mass is 351 g/mol. The molecular weight excluding hydrogens is 322 g/mol. The number of thiazole rings is 1. The van der Waals surface area contributed by atoms with E-state index in [1.54, 1.807) is 18.4 Å². The first-order chi connectivity index (χ1) is 11.5. The number of likely N-dealkylation sites (tertiary alicyclic amines) is 1. The van der Waals surface area contributed by atoms with E-state index in [2.05, 4.69) is 32.9 Å². The molecule has 2 heterocycles. The van der Waals surface area contributed by atoms with Gasteiger partial charge in [-0.05, 0) is 19.3 Å². The first-order valence-electron chi connectivity index (χ1n) is 8.72. The highest BCUT2D eigenvalue weighted by Gasteiger charge is 2.24. The van der Waals surface area contributed by atoms with E-state index in [4.69, 9.17) is 0 Å². The van der Waals surface area contributed by atoms with Gasteiger partial charge in [-0.1, -0.05) is 20.8 Å². The Morgan fingerprint density at radius 1 is 1.46 bits per heavy atom. The average molecular weight is 352 g/mol. The van der Waals surface area contributed by atoms with Crippen LogP contribution in [0.25, 0.3) is 0 Å². The van der Waals surface area contributed by atoms with Gasteiger partial charge in [-0.15, -0.1) is 11.3 Å². The molecule has 24 heavy (non-hydrogen) atoms. The Morgan fingerprint density at radius 3 is 2.71 bits per heavy atom. The molecular formula is C17H29N5OS. The zero-order valence-corrected chi connectivity index (χ0v) is 15.9. The van der Waals surface area contributed by atoms with Crippen molar-refractivity contribution in [3.05, 3.63) is 16.1 Å². The molecule has 1 aliphatic rings. The molecule has 0 bridgehead atoms. The predicted octanol–water partition coefficient (Wildman–Crippen LogP) is 2.02. The zero-order chi connectivity index (χ0) is 17.5. The number of hydrogen-bond acceptors (Lipinski definition) is 4. The molecule has 7 heteroatoms. The lowest BCUT2D eigenvalue weighted by Crippen LogP contribution is -2.50. The van der Waals surface area contributed by atoms with Gasteiger partial charge in [0, 0.05) is 37.5 Å². The average Bonchev–Trinajstić information content (AvgIpc) is 3.06. The van der Waals surface area contributed by atoms with Crippen LogP contribution >= 0.6 is 11.3 Å². The van der Waals surface area contributed by atoms with Crippen molar-refractivity contribution in [3.8, 4) is 0 Å². The Hall–Kier alpha value is -1.63. The van der Waals surface area contributed by atoms with E-state index in [-0.39, 0.29) is 11.8 Å². The maximum atomic E-state index is 12.0. The number of aryl methyl sites for hydroxylation is 1. The van der Waals surface area contributed by atoms with E-state index in [0.29, 0.717) is 12.6 Å². The Labute approximate surface area is 148 Å². The normalized spacial score (nSPS) is 16.5. The summed E-state index contributed by atoms with van der Waals surface area (Å²) in [4.78, 5) is 22.9. The van der Waals surface area contributed by atoms with Crippen molar-refractivity contribution in [2.45, 2.75) is 52.6 Å². The number of carbonyl (C=O) groups is 1. The first-order valence-corrected chi connectivity index (χ1v) is 9.60. The molecule has 134 valence electrons. The van der Waals surface area contributed by atoms with E-state index in [1.807, 2.05) is 18.7 Å². The maximum absolute atomic E-state index is 12.0. The van der Waals surface area contributed by atoms with E-state index in [0.717, 1.165) is 49.0 Å². The van der Waals surface area contributed by atoms with Crippen LogP contribution < -0.4 is 10.6 Å². The minimum absolute atomic E-state index is 0.0788. The molecule has 0 saturated carbocycles. The lowest BCUT2D eigenvalue weighted by molar-refractivity contribution is -0.135. The van der Waals surface area contributed by atoms with Crippen LogP contribution in [-0.2, 0) is 17.8 Å². The summed E-state index contributed by atoms with van der Waals surface area (Å²) in [5.74, 6) is 1.14. The van der Waals surface area contributed by atoms with Gasteiger partial charge in [0.1, 0.15) is 0 Å². The molecule has 2 rings (SSSR count). The molecule has 1 amide bonds. The first kappa shape index (κ1) is 18.7. The van der Waals surface area contributed by atoms with Crippen molar-refractivity contribution < 1.29 is 4.79 Å². The van der Waals surface area contributed by atoms with Gasteiger partial charge < -0.3 is 15.5 Å². The standard InChI is InChI=1S/C17H29N5OS/c1-5-15-20-14(11-24-15)10-19-17(18-4)21-13-6-8-22(9-7-13)16(23)12(2)3/h11-13H,5-10H2,1-4H3,(H2,18,19,21). The molecule has 1 saturated heterocycles. The molecule has 0 atom stereocenters. The van der Waals surface area contributed by atoms with Gasteiger partial charge in [0.25, 0.3) is 0 Å². The van der Waals surface area contributed by atoms with Gasteiger partial charge in [0.2, 0.25) is 5.91 Å². The number of hydrogen-bond donors (Lipinski definition) is 2. The van der Waals surface area contributed by atoms with Crippen molar-refractivity contribution in [3.63, 3.8) is 0 Å². The van der Waals surface area contributed by atoms with Gasteiger partial charge in [-0.25, -0.2) is 4.98 Å². The van der Waals surface area contributed by atoms with Crippen LogP contribution in [0.4, 0.5) is 0 Å². The van der Waals surface area contributed by atoms with Crippen molar-refractivity contribution in [2.24, 2.45) is 10.9 Å². The molecule has 1 aliphatic heterocycles. The summed E-state index contributed by atoms with van der Waals surface area (Å²) >= 11 is 1.70. The number of rotatable bonds is 5. The Bertz CT molecular complexity index is 561. The molecule has 1 aromatic heterocycles. The largest absolute Gasteiger partial charge is 0.354 e. The molecule has 1 fully saturated rings. The smallest absolute Gasteiger partial charge is 0.225 e. The highest BCUT2D eigenvalue weighted by molar-refractivity contribution is 7.09. The molecule has 2 N–H and O–H groups in total. The molecule has 0 unspecified atom stereocenters. The molecule has 0 aliphatic carbocycles. The lowest BCUT2D eigenvalue weighted by Gasteiger charge is -2.34. The van der Waals surface area contributed by atoms with E-state index in [9.17, 15) is 4.79 Å². The number of aliphatic imine (C=N–C) groups is 1. The second kappa shape index (κ2) is 9.01. The number of carbonyl (C=O) groups excluding carboxylic acids is 1. The third-order valence-electron chi connectivity index (χ3n) is 4.20. The number of aromatic nitrogens is 1. The molecule has 0 spiro atoms. The SMILES string of the molecule is CCc1nc(CNC(=NC)NC2CCN(C(=O)C(C)C)CC2)cs1. The fourth-order valence-electron chi connectivity index (χ4n) is 2.76. The second-order valence-corrected chi connectivity index (χ2v) is 7.35. The summed E-state index contributed by atoms with van der Waals surface area (Å²) in [7, 11) is 1.78. The topological polar surface area (TPSA) is 69.6 Å². The lowest BCUT2D eigenvalue weighted by atomic mass is 10.0. The van der Waals surface area contributed by atoms with E-state index >= 15 is 0 Å². The van der Waals surface area contributed by atoms with Crippen molar-refractivity contribution in [1.29, 1.82) is 0 Å². The third-order valence-corrected chi connectivity index (χ3v) is 5.25.